The first kappa shape index (κ1) is 22.5. The minimum atomic E-state index is -0.303. The molecule has 4 rings (SSSR count). The quantitative estimate of drug-likeness (QED) is 0.565. The van der Waals surface area contributed by atoms with Crippen LogP contribution in [0.4, 0.5) is 5.69 Å². The molecule has 2 N–H and O–H groups in total. The minimum absolute atomic E-state index is 0.162. The zero-order valence-electron chi connectivity index (χ0n) is 18.9. The Bertz CT molecular complexity index is 1180. The van der Waals surface area contributed by atoms with Crippen LogP contribution in [0.5, 0.6) is 0 Å². The summed E-state index contributed by atoms with van der Waals surface area (Å²) in [5.41, 5.74) is 2.41. The lowest BCUT2D eigenvalue weighted by atomic mass is 9.90. The number of amides is 2. The van der Waals surface area contributed by atoms with Crippen LogP contribution in [0.3, 0.4) is 0 Å². The number of anilines is 1. The normalized spacial score (nSPS) is 18.2. The van der Waals surface area contributed by atoms with Crippen LogP contribution in [0.2, 0.25) is 0 Å². The smallest absolute Gasteiger partial charge is 0.270 e. The average Bonchev–Trinajstić information content (AvgIpc) is 2.84. The minimum Gasteiger partial charge on any atom is -0.348 e. The summed E-state index contributed by atoms with van der Waals surface area (Å²) in [7, 11) is 4.20. The van der Waals surface area contributed by atoms with E-state index in [1.165, 1.54) is 6.08 Å². The topological polar surface area (TPSA) is 100 Å². The summed E-state index contributed by atoms with van der Waals surface area (Å²) >= 11 is 0. The van der Waals surface area contributed by atoms with Gasteiger partial charge >= 0.3 is 0 Å². The third-order valence-corrected chi connectivity index (χ3v) is 6.09. The first-order chi connectivity index (χ1) is 15.9. The highest BCUT2D eigenvalue weighted by Crippen LogP contribution is 2.27. The van der Waals surface area contributed by atoms with Gasteiger partial charge in [-0.05, 0) is 76.2 Å². The predicted molar refractivity (Wildman–Crippen MR) is 129 cm³/mol. The number of fused-ring (bicyclic) bond motifs is 1. The number of rotatable bonds is 6. The molecule has 1 aliphatic rings. The van der Waals surface area contributed by atoms with E-state index in [1.54, 1.807) is 24.5 Å². The molecule has 1 fully saturated rings. The van der Waals surface area contributed by atoms with Gasteiger partial charge in [0.2, 0.25) is 5.91 Å². The molecule has 8 heteroatoms. The Kier molecular flexibility index (Phi) is 6.74. The molecule has 1 aliphatic carbocycles. The van der Waals surface area contributed by atoms with E-state index in [1.807, 2.05) is 18.2 Å². The van der Waals surface area contributed by atoms with Crippen molar-refractivity contribution in [3.8, 4) is 11.4 Å². The third kappa shape index (κ3) is 5.23. The van der Waals surface area contributed by atoms with Crippen molar-refractivity contribution < 1.29 is 9.59 Å². The summed E-state index contributed by atoms with van der Waals surface area (Å²) in [5.74, 6) is -0.0542. The summed E-state index contributed by atoms with van der Waals surface area (Å²) in [6.07, 6.45) is 8.51. The largest absolute Gasteiger partial charge is 0.348 e. The summed E-state index contributed by atoms with van der Waals surface area (Å²) < 4.78 is 0. The molecule has 0 spiro atoms. The van der Waals surface area contributed by atoms with Crippen molar-refractivity contribution >= 4 is 28.4 Å². The first-order valence-corrected chi connectivity index (χ1v) is 11.1. The van der Waals surface area contributed by atoms with Gasteiger partial charge in [-0.15, -0.1) is 0 Å². The molecule has 2 aromatic heterocycles. The van der Waals surface area contributed by atoms with Crippen LogP contribution in [0.1, 0.15) is 36.2 Å². The van der Waals surface area contributed by atoms with Gasteiger partial charge in [-0.1, -0.05) is 6.58 Å². The molecule has 1 aromatic carbocycles. The summed E-state index contributed by atoms with van der Waals surface area (Å²) in [4.78, 5) is 40.1. The van der Waals surface area contributed by atoms with Gasteiger partial charge in [0, 0.05) is 35.4 Å². The van der Waals surface area contributed by atoms with E-state index in [0.29, 0.717) is 23.2 Å². The number of nitrogens with one attached hydrogen (secondary N) is 2. The number of hydrogen-bond acceptors (Lipinski definition) is 6. The Morgan fingerprint density at radius 1 is 1.06 bits per heavy atom. The van der Waals surface area contributed by atoms with Crippen LogP contribution in [-0.2, 0) is 4.79 Å². The van der Waals surface area contributed by atoms with E-state index >= 15 is 0 Å². The number of carbonyl (C=O) groups is 2. The lowest BCUT2D eigenvalue weighted by Crippen LogP contribution is -2.42. The van der Waals surface area contributed by atoms with Gasteiger partial charge in [0.15, 0.2) is 5.82 Å². The first-order valence-electron chi connectivity index (χ1n) is 11.1. The van der Waals surface area contributed by atoms with Crippen LogP contribution in [0, 0.1) is 0 Å². The fourth-order valence-electron chi connectivity index (χ4n) is 4.20. The van der Waals surface area contributed by atoms with Crippen molar-refractivity contribution in [1.29, 1.82) is 0 Å². The summed E-state index contributed by atoms with van der Waals surface area (Å²) in [6, 6.07) is 9.65. The summed E-state index contributed by atoms with van der Waals surface area (Å²) in [6.45, 7) is 3.49. The van der Waals surface area contributed by atoms with E-state index in [2.05, 4.69) is 51.2 Å². The maximum absolute atomic E-state index is 12.9. The molecular weight excluding hydrogens is 416 g/mol. The standard InChI is InChI=1S/C25H28N6O2/c1-4-23(32)29-21-11-13-26-20-10-5-16(15-19(20)21)24-27-14-12-22(30-24)25(33)28-17-6-8-18(9-7-17)31(2)3/h4-5,10-15,17-18H,1,6-9H2,2-3H3,(H,28,33)(H,26,29,32). The maximum atomic E-state index is 12.9. The molecule has 8 nitrogen and oxygen atoms in total. The number of benzene rings is 1. The average molecular weight is 445 g/mol. The number of pyridine rings is 1. The van der Waals surface area contributed by atoms with E-state index in [-0.39, 0.29) is 17.9 Å². The highest BCUT2D eigenvalue weighted by Gasteiger charge is 2.24. The second kappa shape index (κ2) is 9.87. The second-order valence-corrected chi connectivity index (χ2v) is 8.49. The highest BCUT2D eigenvalue weighted by atomic mass is 16.2. The molecule has 0 saturated heterocycles. The predicted octanol–water partition coefficient (Wildman–Crippen LogP) is 3.42. The van der Waals surface area contributed by atoms with Crippen LogP contribution in [-0.4, -0.2) is 57.8 Å². The highest BCUT2D eigenvalue weighted by molar-refractivity contribution is 6.05. The zero-order valence-corrected chi connectivity index (χ0v) is 18.9. The molecule has 0 atom stereocenters. The van der Waals surface area contributed by atoms with Crippen molar-refractivity contribution in [2.45, 2.75) is 37.8 Å². The Hall–Kier alpha value is -3.65. The van der Waals surface area contributed by atoms with Crippen molar-refractivity contribution in [3.63, 3.8) is 0 Å². The molecule has 0 aliphatic heterocycles. The molecule has 0 radical (unpaired) electrons. The molecular formula is C25H28N6O2. The Morgan fingerprint density at radius 2 is 1.82 bits per heavy atom. The molecule has 33 heavy (non-hydrogen) atoms. The Balaban J connectivity index is 1.53. The Labute approximate surface area is 193 Å². The molecule has 0 unspecified atom stereocenters. The maximum Gasteiger partial charge on any atom is 0.270 e. The SMILES string of the molecule is C=CC(=O)Nc1ccnc2ccc(-c3nccc(C(=O)NC4CCC(N(C)C)CC4)n3)cc12. The monoisotopic (exact) mass is 444 g/mol. The molecule has 170 valence electrons. The molecule has 0 bridgehead atoms. The van der Waals surface area contributed by atoms with Crippen molar-refractivity contribution in [1.82, 2.24) is 25.2 Å². The van der Waals surface area contributed by atoms with Crippen LogP contribution in [0.15, 0.2) is 55.4 Å². The van der Waals surface area contributed by atoms with Crippen LogP contribution < -0.4 is 10.6 Å². The van der Waals surface area contributed by atoms with E-state index in [9.17, 15) is 9.59 Å². The molecule has 2 heterocycles. The number of aromatic nitrogens is 3. The van der Waals surface area contributed by atoms with Gasteiger partial charge in [-0.3, -0.25) is 14.6 Å². The fourth-order valence-corrected chi connectivity index (χ4v) is 4.20. The lowest BCUT2D eigenvalue weighted by molar-refractivity contribution is -0.111. The van der Waals surface area contributed by atoms with Gasteiger partial charge in [0.1, 0.15) is 5.69 Å². The van der Waals surface area contributed by atoms with E-state index in [0.717, 1.165) is 42.1 Å². The third-order valence-electron chi connectivity index (χ3n) is 6.09. The Morgan fingerprint density at radius 3 is 2.55 bits per heavy atom. The van der Waals surface area contributed by atoms with Gasteiger partial charge in [0.25, 0.3) is 5.91 Å². The van der Waals surface area contributed by atoms with Crippen LogP contribution in [0.25, 0.3) is 22.3 Å². The number of nitrogens with zero attached hydrogens (tertiary/aromatic N) is 4. The van der Waals surface area contributed by atoms with Gasteiger partial charge in [0.05, 0.1) is 11.2 Å². The van der Waals surface area contributed by atoms with Crippen molar-refractivity contribution in [3.05, 3.63) is 61.1 Å². The second-order valence-electron chi connectivity index (χ2n) is 8.49. The van der Waals surface area contributed by atoms with Crippen LogP contribution >= 0.6 is 0 Å². The zero-order chi connectivity index (χ0) is 23.4. The van der Waals surface area contributed by atoms with E-state index < -0.39 is 0 Å². The molecule has 1 saturated carbocycles. The fraction of sp³-hybridized carbons (Fsp3) is 0.320. The number of hydrogen-bond donors (Lipinski definition) is 2. The van der Waals surface area contributed by atoms with Gasteiger partial charge in [-0.25, -0.2) is 9.97 Å². The number of carbonyl (C=O) groups excluding carboxylic acids is 2. The van der Waals surface area contributed by atoms with Gasteiger partial charge in [-0.2, -0.15) is 0 Å². The van der Waals surface area contributed by atoms with Gasteiger partial charge < -0.3 is 15.5 Å². The lowest BCUT2D eigenvalue weighted by Gasteiger charge is -2.32. The van der Waals surface area contributed by atoms with Crippen molar-refractivity contribution in [2.75, 3.05) is 19.4 Å². The van der Waals surface area contributed by atoms with E-state index in [4.69, 9.17) is 0 Å². The summed E-state index contributed by atoms with van der Waals surface area (Å²) in [5, 5.41) is 6.67. The van der Waals surface area contributed by atoms with Crippen molar-refractivity contribution in [2.24, 2.45) is 0 Å². The molecule has 2 amide bonds. The molecule has 3 aromatic rings.